The first-order valence-corrected chi connectivity index (χ1v) is 22.8. The fourth-order valence-electron chi connectivity index (χ4n) is 8.03. The largest absolute Gasteiger partial charge is 0.466 e. The number of carbonyl (C=O) groups excluding carboxylic acids is 1. The molecule has 1 atom stereocenters. The van der Waals surface area contributed by atoms with Crippen LogP contribution >= 0.6 is 22.9 Å². The molecule has 1 saturated heterocycles. The topological polar surface area (TPSA) is 110 Å². The lowest BCUT2D eigenvalue weighted by Crippen LogP contribution is -2.69. The summed E-state index contributed by atoms with van der Waals surface area (Å²) in [4.78, 5) is 22.7. The van der Waals surface area contributed by atoms with Crippen molar-refractivity contribution in [1.29, 1.82) is 0 Å². The van der Waals surface area contributed by atoms with E-state index in [4.69, 9.17) is 25.8 Å². The van der Waals surface area contributed by atoms with Gasteiger partial charge < -0.3 is 14.5 Å². The minimum Gasteiger partial charge on any atom is -0.466 e. The number of esters is 1. The number of piperidine rings is 1. The summed E-state index contributed by atoms with van der Waals surface area (Å²) in [6.07, 6.45) is 3.26. The molecule has 54 heavy (non-hydrogen) atoms. The molecule has 9 nitrogen and oxygen atoms in total. The molecule has 284 valence electrons. The van der Waals surface area contributed by atoms with Gasteiger partial charge in [0.25, 0.3) is 8.32 Å². The molecule has 2 aliphatic heterocycles. The van der Waals surface area contributed by atoms with Crippen LogP contribution in [0.2, 0.25) is 10.1 Å². The van der Waals surface area contributed by atoms with Gasteiger partial charge >= 0.3 is 5.97 Å². The summed E-state index contributed by atoms with van der Waals surface area (Å²) >= 11 is 7.92. The number of hydrogen-bond acceptors (Lipinski definition) is 9. The van der Waals surface area contributed by atoms with E-state index in [0.29, 0.717) is 47.8 Å². The summed E-state index contributed by atoms with van der Waals surface area (Å²) in [5, 5.41) is 7.52. The average Bonchev–Trinajstić information content (AvgIpc) is 3.69. The van der Waals surface area contributed by atoms with Crippen molar-refractivity contribution in [2.75, 3.05) is 20.2 Å². The molecule has 0 amide bonds. The number of benzene rings is 3. The number of ether oxygens (including phenoxy) is 1. The fraction of sp³-hybridized carbons (Fsp3) is 0.375. The van der Waals surface area contributed by atoms with E-state index >= 15 is 0 Å². The molecule has 1 aromatic heterocycles. The van der Waals surface area contributed by atoms with E-state index in [-0.39, 0.29) is 40.7 Å². The van der Waals surface area contributed by atoms with Crippen LogP contribution in [0.5, 0.6) is 0 Å². The number of aromatic nitrogens is 1. The lowest BCUT2D eigenvalue weighted by atomic mass is 9.86. The minimum absolute atomic E-state index is 0.128. The Morgan fingerprint density at radius 2 is 1.63 bits per heavy atom. The molecule has 1 aliphatic carbocycles. The number of thiazole rings is 1. The number of aliphatic imine (C=N–C) groups is 1. The lowest BCUT2D eigenvalue weighted by Gasteiger charge is -2.49. The van der Waals surface area contributed by atoms with Crippen molar-refractivity contribution in [2.24, 2.45) is 10.9 Å². The normalized spacial score (nSPS) is 21.6. The number of nitrogens with zero attached hydrogens (tertiary/aromatic N) is 3. The van der Waals surface area contributed by atoms with Crippen LogP contribution in [0, 0.1) is 11.7 Å². The summed E-state index contributed by atoms with van der Waals surface area (Å²) in [5.74, 6) is -0.868. The quantitative estimate of drug-likeness (QED) is 0.142. The molecule has 1 unspecified atom stereocenters. The van der Waals surface area contributed by atoms with Crippen LogP contribution in [-0.2, 0) is 24.0 Å². The Bertz CT molecular complexity index is 2110. The van der Waals surface area contributed by atoms with E-state index in [0.717, 1.165) is 0 Å². The molecule has 0 radical (unpaired) electrons. The van der Waals surface area contributed by atoms with Gasteiger partial charge in [-0.2, -0.15) is 0 Å². The van der Waals surface area contributed by atoms with Crippen LogP contribution < -0.4 is 15.7 Å². The molecule has 1 saturated carbocycles. The number of halogens is 2. The molecule has 1 N–H and O–H groups in total. The van der Waals surface area contributed by atoms with Gasteiger partial charge in [-0.05, 0) is 53.2 Å². The van der Waals surface area contributed by atoms with Crippen LogP contribution in [-0.4, -0.2) is 69.4 Å². The number of hydrogen-bond donors (Lipinski definition) is 1. The number of amidine groups is 1. The predicted octanol–water partition coefficient (Wildman–Crippen LogP) is 6.60. The monoisotopic (exact) mass is 806 g/mol. The number of methoxy groups -OCH3 is 1. The van der Waals surface area contributed by atoms with E-state index < -0.39 is 41.4 Å². The van der Waals surface area contributed by atoms with Crippen molar-refractivity contribution in [3.8, 4) is 0 Å². The third-order valence-corrected chi connectivity index (χ3v) is 19.3. The Morgan fingerprint density at radius 1 is 1.00 bits per heavy atom. The molecule has 3 heterocycles. The maximum absolute atomic E-state index is 14.1. The molecule has 0 spiro atoms. The fourth-order valence-corrected chi connectivity index (χ4v) is 15.6. The standard InChI is InChI=1S/C40H44ClFN4O5S2Si/c1-40(2,3)54(30-11-7-5-8-12-30,31-13-9-6-10-14-31)51-28-24-29(25-28)53(48,49)46-20-17-26(18-21-46)35-34(39(47)50-4)36(32-16-15-27(42)23-33(32)41)45-37(44-35)38-43-19-22-52-38/h5-16,19,22-23,26,28-29,36H,17-18,20-21,24-25H2,1-4H3,(H,44,45). The zero-order chi connectivity index (χ0) is 38.3. The van der Waals surface area contributed by atoms with E-state index in [2.05, 4.69) is 55.3 Å². The third kappa shape index (κ3) is 7.22. The van der Waals surface area contributed by atoms with Gasteiger partial charge in [-0.25, -0.2) is 26.9 Å². The van der Waals surface area contributed by atoms with Crippen molar-refractivity contribution in [1.82, 2.24) is 14.6 Å². The Kier molecular flexibility index (Phi) is 11.0. The first-order chi connectivity index (χ1) is 25.8. The van der Waals surface area contributed by atoms with Crippen molar-refractivity contribution in [3.05, 3.63) is 123 Å². The Morgan fingerprint density at radius 3 is 2.17 bits per heavy atom. The number of rotatable bonds is 10. The summed E-state index contributed by atoms with van der Waals surface area (Å²) in [6, 6.07) is 23.9. The smallest absolute Gasteiger partial charge is 0.338 e. The van der Waals surface area contributed by atoms with E-state index in [9.17, 15) is 17.6 Å². The molecule has 3 aliphatic rings. The molecule has 14 heteroatoms. The molecule has 7 rings (SSSR count). The Labute approximate surface area is 326 Å². The lowest BCUT2D eigenvalue weighted by molar-refractivity contribution is -0.136. The second-order valence-electron chi connectivity index (χ2n) is 15.0. The van der Waals surface area contributed by atoms with Gasteiger partial charge in [0.2, 0.25) is 10.0 Å². The van der Waals surface area contributed by atoms with Gasteiger partial charge in [0, 0.05) is 53.0 Å². The molecular weight excluding hydrogens is 763 g/mol. The zero-order valence-electron chi connectivity index (χ0n) is 30.7. The molecule has 0 bridgehead atoms. The van der Waals surface area contributed by atoms with Gasteiger partial charge in [0.05, 0.1) is 17.9 Å². The number of sulfonamides is 1. The molecule has 3 aromatic carbocycles. The Balaban J connectivity index is 1.10. The van der Waals surface area contributed by atoms with E-state index in [1.54, 1.807) is 10.5 Å². The maximum atomic E-state index is 14.1. The first-order valence-electron chi connectivity index (χ1n) is 18.1. The Hall–Kier alpha value is -3.72. The van der Waals surface area contributed by atoms with Gasteiger partial charge in [-0.1, -0.05) is 99.1 Å². The van der Waals surface area contributed by atoms with E-state index in [1.165, 1.54) is 47.0 Å². The second kappa shape index (κ2) is 15.4. The summed E-state index contributed by atoms with van der Waals surface area (Å²) in [5.41, 5.74) is 1.30. The van der Waals surface area contributed by atoms with Crippen LogP contribution in [0.1, 0.15) is 63.1 Å². The highest BCUT2D eigenvalue weighted by molar-refractivity contribution is 7.89. The van der Waals surface area contributed by atoms with Gasteiger partial charge in [0.15, 0.2) is 10.8 Å². The summed E-state index contributed by atoms with van der Waals surface area (Å²) in [6.45, 7) is 7.24. The average molecular weight is 807 g/mol. The number of carbonyl (C=O) groups is 1. The highest BCUT2D eigenvalue weighted by atomic mass is 35.5. The van der Waals surface area contributed by atoms with Gasteiger partial charge in [0.1, 0.15) is 11.9 Å². The number of nitrogens with one attached hydrogen (secondary N) is 1. The highest BCUT2D eigenvalue weighted by Gasteiger charge is 2.54. The van der Waals surface area contributed by atoms with Crippen LogP contribution in [0.25, 0.3) is 0 Å². The minimum atomic E-state index is -3.62. The molecular formula is C40H44ClFN4O5S2Si. The predicted molar refractivity (Wildman–Crippen MR) is 214 cm³/mol. The van der Waals surface area contributed by atoms with Crippen molar-refractivity contribution < 1.29 is 26.8 Å². The summed E-state index contributed by atoms with van der Waals surface area (Å²) in [7, 11) is -5.14. The zero-order valence-corrected chi connectivity index (χ0v) is 34.1. The SMILES string of the molecule is COC(=O)C1=C(C2CCN(S(=O)(=O)C3CC(O[Si](c4ccccc4)(c4ccccc4)C(C)(C)C)C3)CC2)NC(c2nccs2)=NC1c1ccc(F)cc1Cl. The van der Waals surface area contributed by atoms with Crippen LogP contribution in [0.4, 0.5) is 4.39 Å². The van der Waals surface area contributed by atoms with Crippen molar-refractivity contribution >= 4 is 63.5 Å². The van der Waals surface area contributed by atoms with Gasteiger partial charge in [-0.15, -0.1) is 11.3 Å². The van der Waals surface area contributed by atoms with Gasteiger partial charge in [-0.3, -0.25) is 4.99 Å². The second-order valence-corrected chi connectivity index (χ2v) is 22.8. The molecule has 4 aromatic rings. The van der Waals surface area contributed by atoms with Crippen LogP contribution in [0.3, 0.4) is 0 Å². The highest BCUT2D eigenvalue weighted by Crippen LogP contribution is 2.44. The molecule has 2 fully saturated rings. The maximum Gasteiger partial charge on any atom is 0.338 e. The van der Waals surface area contributed by atoms with Crippen LogP contribution in [0.15, 0.2) is 107 Å². The van der Waals surface area contributed by atoms with E-state index in [1.807, 2.05) is 41.8 Å². The summed E-state index contributed by atoms with van der Waals surface area (Å²) < 4.78 is 56.4. The third-order valence-electron chi connectivity index (χ3n) is 10.8. The van der Waals surface area contributed by atoms with Crippen molar-refractivity contribution in [2.45, 2.75) is 68.9 Å². The first kappa shape index (κ1) is 38.5. The number of allylic oxidation sites excluding steroid dienone is 1. The van der Waals surface area contributed by atoms with Crippen molar-refractivity contribution in [3.63, 3.8) is 0 Å².